The third-order valence-corrected chi connectivity index (χ3v) is 5.77. The summed E-state index contributed by atoms with van der Waals surface area (Å²) in [5.41, 5.74) is -4.15. The molecule has 15 heteroatoms. The van der Waals surface area contributed by atoms with E-state index >= 15 is 0 Å². The molecule has 0 saturated heterocycles. The zero-order chi connectivity index (χ0) is 28.5. The predicted molar refractivity (Wildman–Crippen MR) is 118 cm³/mol. The maximum absolute atomic E-state index is 13.5. The summed E-state index contributed by atoms with van der Waals surface area (Å²) in [7, 11) is -4.08. The highest BCUT2D eigenvalue weighted by atomic mass is 31.2. The summed E-state index contributed by atoms with van der Waals surface area (Å²) in [6.45, 7) is 2.86. The van der Waals surface area contributed by atoms with Crippen molar-refractivity contribution < 1.29 is 50.8 Å². The number of amides is 2. The first-order valence-electron chi connectivity index (χ1n) is 10.2. The zero-order valence-electron chi connectivity index (χ0n) is 19.8. The number of ketones is 1. The molecule has 2 aromatic rings. The SMILES string of the molecule is C#CC(C)(COP(=O)([O-])[O-])NC(=O)C(=O)c1c(C)c(C(=O)Nc2ccc(F)c(C(F)(F)F)c2)n(C)c1C. The molecule has 2 amide bonds. The molecule has 200 valence electrons. The molecule has 0 radical (unpaired) electrons. The third kappa shape index (κ3) is 6.84. The smallest absolute Gasteiger partial charge is 0.419 e. The van der Waals surface area contributed by atoms with Gasteiger partial charge in [-0.05, 0) is 44.5 Å². The van der Waals surface area contributed by atoms with Crippen LogP contribution in [-0.4, -0.2) is 34.3 Å². The first-order chi connectivity index (χ1) is 16.8. The average molecular weight is 545 g/mol. The number of hydrogen-bond donors (Lipinski definition) is 2. The topological polar surface area (TPSA) is 153 Å². The van der Waals surface area contributed by atoms with Gasteiger partial charge in [0.15, 0.2) is 0 Å². The summed E-state index contributed by atoms with van der Waals surface area (Å²) in [6.07, 6.45) is 0.262. The summed E-state index contributed by atoms with van der Waals surface area (Å²) < 4.78 is 68.6. The van der Waals surface area contributed by atoms with Crippen LogP contribution in [0, 0.1) is 32.0 Å². The zero-order valence-corrected chi connectivity index (χ0v) is 20.7. The van der Waals surface area contributed by atoms with E-state index in [2.05, 4.69) is 15.2 Å². The number of aromatic nitrogens is 1. The Labute approximate surface area is 208 Å². The normalized spacial score (nSPS) is 13.4. The van der Waals surface area contributed by atoms with E-state index in [9.17, 15) is 46.3 Å². The van der Waals surface area contributed by atoms with Gasteiger partial charge in [0.2, 0.25) is 0 Å². The quantitative estimate of drug-likeness (QED) is 0.168. The van der Waals surface area contributed by atoms with Gasteiger partial charge in [-0.25, -0.2) is 4.39 Å². The van der Waals surface area contributed by atoms with Crippen molar-refractivity contribution >= 4 is 31.1 Å². The second-order valence-corrected chi connectivity index (χ2v) is 9.27. The number of phosphoric ester groups is 1. The first-order valence-corrected chi connectivity index (χ1v) is 11.6. The van der Waals surface area contributed by atoms with E-state index in [1.807, 2.05) is 5.92 Å². The number of nitrogens with one attached hydrogen (secondary N) is 2. The lowest BCUT2D eigenvalue weighted by Gasteiger charge is -2.33. The molecular formula is C22H20F4N3O7P-2. The summed E-state index contributed by atoms with van der Waals surface area (Å²) in [5.74, 6) is -2.97. The van der Waals surface area contributed by atoms with E-state index in [1.54, 1.807) is 0 Å². The Hall–Kier alpha value is -3.50. The molecule has 10 nitrogen and oxygen atoms in total. The van der Waals surface area contributed by atoms with Gasteiger partial charge >= 0.3 is 6.18 Å². The highest BCUT2D eigenvalue weighted by molar-refractivity contribution is 7.43. The van der Waals surface area contributed by atoms with Crippen LogP contribution in [0.5, 0.6) is 0 Å². The highest BCUT2D eigenvalue weighted by Gasteiger charge is 2.35. The van der Waals surface area contributed by atoms with Crippen molar-refractivity contribution in [3.05, 3.63) is 52.1 Å². The molecule has 0 aliphatic rings. The van der Waals surface area contributed by atoms with Gasteiger partial charge in [-0.2, -0.15) is 13.2 Å². The van der Waals surface area contributed by atoms with Crippen LogP contribution in [0.4, 0.5) is 23.2 Å². The number of carbonyl (C=O) groups is 3. The molecule has 0 bridgehead atoms. The largest absolute Gasteiger partial charge is 0.790 e. The summed E-state index contributed by atoms with van der Waals surface area (Å²) in [4.78, 5) is 59.8. The Kier molecular flexibility index (Phi) is 8.41. The molecule has 1 aromatic carbocycles. The van der Waals surface area contributed by atoms with Crippen molar-refractivity contribution in [1.29, 1.82) is 0 Å². The highest BCUT2D eigenvalue weighted by Crippen LogP contribution is 2.33. The summed E-state index contributed by atoms with van der Waals surface area (Å²) >= 11 is 0. The number of halogens is 4. The second-order valence-electron chi connectivity index (χ2n) is 8.12. The molecular weight excluding hydrogens is 525 g/mol. The van der Waals surface area contributed by atoms with Crippen LogP contribution in [-0.2, 0) is 27.1 Å². The number of carbonyl (C=O) groups excluding carboxylic acids is 3. The summed E-state index contributed by atoms with van der Waals surface area (Å²) in [6, 6.07) is 1.85. The van der Waals surface area contributed by atoms with Gasteiger partial charge < -0.3 is 34.1 Å². The average Bonchev–Trinajstić information content (AvgIpc) is 3.00. The lowest BCUT2D eigenvalue weighted by Crippen LogP contribution is -2.51. The Morgan fingerprint density at radius 3 is 2.32 bits per heavy atom. The number of benzene rings is 1. The molecule has 1 unspecified atom stereocenters. The Bertz CT molecular complexity index is 1360. The number of anilines is 1. The monoisotopic (exact) mass is 545 g/mol. The van der Waals surface area contributed by atoms with Crippen LogP contribution in [0.15, 0.2) is 18.2 Å². The number of nitrogens with zero attached hydrogens (tertiary/aromatic N) is 1. The minimum atomic E-state index is -5.44. The molecule has 37 heavy (non-hydrogen) atoms. The second kappa shape index (κ2) is 10.5. The molecule has 0 saturated carbocycles. The van der Waals surface area contributed by atoms with Crippen molar-refractivity contribution in [3.8, 4) is 12.3 Å². The number of rotatable bonds is 8. The van der Waals surface area contributed by atoms with Crippen molar-refractivity contribution in [2.75, 3.05) is 11.9 Å². The molecule has 2 N–H and O–H groups in total. The Morgan fingerprint density at radius 1 is 1.22 bits per heavy atom. The number of alkyl halides is 3. The fraction of sp³-hybridized carbons (Fsp3) is 0.318. The number of phosphoric acid groups is 1. The van der Waals surface area contributed by atoms with Crippen molar-refractivity contribution in [2.24, 2.45) is 7.05 Å². The van der Waals surface area contributed by atoms with Crippen LogP contribution in [0.2, 0.25) is 0 Å². The first kappa shape index (κ1) is 29.7. The predicted octanol–water partition coefficient (Wildman–Crippen LogP) is 1.59. The van der Waals surface area contributed by atoms with Gasteiger partial charge in [0.05, 0.1) is 25.6 Å². The molecule has 0 aliphatic heterocycles. The number of Topliss-reactive ketones (excluding diaryl/α,β-unsaturated/α-hetero) is 1. The molecule has 0 spiro atoms. The molecule has 0 fully saturated rings. The van der Waals surface area contributed by atoms with E-state index in [0.29, 0.717) is 12.1 Å². The third-order valence-electron chi connectivity index (χ3n) is 5.33. The molecule has 1 heterocycles. The fourth-order valence-corrected chi connectivity index (χ4v) is 3.80. The van der Waals surface area contributed by atoms with Gasteiger partial charge in [-0.3, -0.25) is 14.4 Å². The minimum absolute atomic E-state index is 0.0157. The van der Waals surface area contributed by atoms with E-state index in [1.165, 1.54) is 25.5 Å². The lowest BCUT2D eigenvalue weighted by molar-refractivity contribution is -0.342. The van der Waals surface area contributed by atoms with Gasteiger partial charge in [-0.15, -0.1) is 6.42 Å². The summed E-state index contributed by atoms with van der Waals surface area (Å²) in [5, 5.41) is 4.29. The standard InChI is InChI=1S/C22H22F4N3O7P/c1-6-21(4,10-36-37(33,34)35)28-20(32)18(30)16-11(2)17(29(5)12(16)3)19(31)27-13-7-8-15(23)14(9-13)22(24,25)26/h1,7-9H,10H2,2-5H3,(H,27,31)(H,28,32)(H2,33,34,35)/p-2. The van der Waals surface area contributed by atoms with Gasteiger partial charge in [-0.1, -0.05) is 5.92 Å². The molecule has 1 atom stereocenters. The molecule has 1 aromatic heterocycles. The maximum Gasteiger partial charge on any atom is 0.419 e. The fourth-order valence-electron chi connectivity index (χ4n) is 3.39. The van der Waals surface area contributed by atoms with Crippen LogP contribution in [0.3, 0.4) is 0 Å². The Balaban J connectivity index is 2.35. The van der Waals surface area contributed by atoms with E-state index in [-0.39, 0.29) is 28.2 Å². The van der Waals surface area contributed by atoms with Crippen molar-refractivity contribution in [3.63, 3.8) is 0 Å². The number of hydrogen-bond acceptors (Lipinski definition) is 7. The van der Waals surface area contributed by atoms with Gasteiger partial charge in [0, 0.05) is 18.4 Å². The molecule has 2 rings (SSSR count). The van der Waals surface area contributed by atoms with Crippen LogP contribution >= 0.6 is 7.82 Å². The molecule has 0 aliphatic carbocycles. The van der Waals surface area contributed by atoms with Crippen molar-refractivity contribution in [1.82, 2.24) is 9.88 Å². The van der Waals surface area contributed by atoms with E-state index in [0.717, 1.165) is 13.0 Å². The van der Waals surface area contributed by atoms with Gasteiger partial charge in [0.1, 0.15) is 17.1 Å². The van der Waals surface area contributed by atoms with Crippen LogP contribution in [0.1, 0.15) is 44.6 Å². The lowest BCUT2D eigenvalue weighted by atomic mass is 10.0. The number of terminal acetylenes is 1. The van der Waals surface area contributed by atoms with Crippen LogP contribution in [0.25, 0.3) is 0 Å². The van der Waals surface area contributed by atoms with E-state index in [4.69, 9.17) is 6.42 Å². The van der Waals surface area contributed by atoms with Crippen LogP contribution < -0.4 is 20.4 Å². The maximum atomic E-state index is 13.5. The van der Waals surface area contributed by atoms with Crippen molar-refractivity contribution in [2.45, 2.75) is 32.5 Å². The van der Waals surface area contributed by atoms with E-state index < -0.39 is 55.1 Å². The van der Waals surface area contributed by atoms with Gasteiger partial charge in [0.25, 0.3) is 17.6 Å². The Morgan fingerprint density at radius 2 is 1.81 bits per heavy atom. The minimum Gasteiger partial charge on any atom is -0.790 e.